The molecule has 5 rings (SSSR count). The third-order valence-corrected chi connectivity index (χ3v) is 16.6. The zero-order chi connectivity index (χ0) is 61.1. The molecule has 0 saturated carbocycles. The molecule has 0 spiro atoms. The molecule has 470 valence electrons. The molecule has 25 atom stereocenters. The Bertz CT molecular complexity index is 2200. The molecule has 5 aliphatic rings. The summed E-state index contributed by atoms with van der Waals surface area (Å²) in [6, 6.07) is 0. The van der Waals surface area contributed by atoms with E-state index in [-0.39, 0.29) is 50.2 Å². The van der Waals surface area contributed by atoms with Crippen LogP contribution in [0.4, 0.5) is 0 Å². The highest BCUT2D eigenvalue weighted by Gasteiger charge is 2.59. The first-order valence-corrected chi connectivity index (χ1v) is 28.8. The van der Waals surface area contributed by atoms with Crippen LogP contribution >= 0.6 is 0 Å². The SMILES string of the molecule is COC[C@@H](C[C@H]1O[C@@](O)([C@H](OC(C)=O)[C@@H]2C[C@H](OC)[C@@H](O)CC/C=C(C)/C=C/[C@@H](O[C@@H]3O[C@@H](C)[C@H](OC)[C@@H](O)[C@@H]3O)[C@H](C)/C=C(C)/C=C(C)/C=C(\C)C(=O)O2)[C@H](C)[C@@H](O)[C@H]1C)O[C@H]1C[C@](C)(O)[C@@H](O[C@H]2C[C@@H](OC)[C@H](O)[C@@H](C)O2)[C@H](C)O1. The fraction of sp³-hybridized carbons (Fsp3) is 0.800. The number of ether oxygens (including phenoxy) is 13. The summed E-state index contributed by atoms with van der Waals surface area (Å²) in [5.41, 5.74) is 0.891. The summed E-state index contributed by atoms with van der Waals surface area (Å²) in [5.74, 6) is -6.43. The van der Waals surface area contributed by atoms with Crippen LogP contribution in [0.3, 0.4) is 0 Å². The second-order valence-electron chi connectivity index (χ2n) is 23.6. The van der Waals surface area contributed by atoms with Gasteiger partial charge in [0.15, 0.2) is 25.0 Å². The molecule has 7 N–H and O–H groups in total. The molecule has 82 heavy (non-hydrogen) atoms. The summed E-state index contributed by atoms with van der Waals surface area (Å²) < 4.78 is 78.6. The maximum absolute atomic E-state index is 14.4. The van der Waals surface area contributed by atoms with Gasteiger partial charge in [-0.3, -0.25) is 4.79 Å². The first-order chi connectivity index (χ1) is 38.5. The second kappa shape index (κ2) is 31.0. The van der Waals surface area contributed by atoms with Crippen molar-refractivity contribution in [3.05, 3.63) is 58.7 Å². The zero-order valence-electron chi connectivity index (χ0n) is 50.9. The molecule has 0 aromatic heterocycles. The first-order valence-electron chi connectivity index (χ1n) is 28.8. The highest BCUT2D eigenvalue weighted by Crippen LogP contribution is 2.44. The number of allylic oxidation sites excluding steroid dienone is 7. The molecule has 0 amide bonds. The third kappa shape index (κ3) is 18.0. The van der Waals surface area contributed by atoms with E-state index in [1.54, 1.807) is 54.5 Å². The minimum atomic E-state index is -2.55. The van der Waals surface area contributed by atoms with Crippen molar-refractivity contribution in [2.45, 2.75) is 256 Å². The average molecular weight is 1170 g/mol. The van der Waals surface area contributed by atoms with Gasteiger partial charge < -0.3 is 97.3 Å². The minimum Gasteiger partial charge on any atom is -0.455 e. The van der Waals surface area contributed by atoms with Gasteiger partial charge in [-0.05, 0) is 74.3 Å². The number of hydrogen-bond acceptors (Lipinski definition) is 22. The van der Waals surface area contributed by atoms with E-state index in [0.717, 1.165) is 18.1 Å². The summed E-state index contributed by atoms with van der Waals surface area (Å²) in [7, 11) is 5.78. The number of carbonyl (C=O) groups is 2. The largest absolute Gasteiger partial charge is 0.455 e. The van der Waals surface area contributed by atoms with Crippen LogP contribution in [-0.2, 0) is 71.2 Å². The molecule has 4 saturated heterocycles. The maximum atomic E-state index is 14.4. The van der Waals surface area contributed by atoms with E-state index in [4.69, 9.17) is 61.6 Å². The van der Waals surface area contributed by atoms with Crippen molar-refractivity contribution >= 4 is 11.9 Å². The average Bonchev–Trinajstić information content (AvgIpc) is 3.43. The molecule has 5 aliphatic heterocycles. The van der Waals surface area contributed by atoms with E-state index in [2.05, 4.69) is 0 Å². The quantitative estimate of drug-likeness (QED) is 0.107. The Morgan fingerprint density at radius 1 is 0.768 bits per heavy atom. The van der Waals surface area contributed by atoms with Gasteiger partial charge in [0.25, 0.3) is 0 Å². The van der Waals surface area contributed by atoms with Gasteiger partial charge >= 0.3 is 11.9 Å². The van der Waals surface area contributed by atoms with Gasteiger partial charge in [0.05, 0.1) is 73.2 Å². The fourth-order valence-electron chi connectivity index (χ4n) is 11.9. The van der Waals surface area contributed by atoms with Crippen molar-refractivity contribution in [1.29, 1.82) is 0 Å². The van der Waals surface area contributed by atoms with Crippen molar-refractivity contribution in [3.8, 4) is 0 Å². The summed E-state index contributed by atoms with van der Waals surface area (Å²) in [5, 5.41) is 81.1. The maximum Gasteiger partial charge on any atom is 0.334 e. The normalized spacial score (nSPS) is 45.3. The Balaban J connectivity index is 1.43. The number of aliphatic hydroxyl groups excluding tert-OH is 5. The van der Waals surface area contributed by atoms with Crippen molar-refractivity contribution in [1.82, 2.24) is 0 Å². The van der Waals surface area contributed by atoms with Gasteiger partial charge in [0.1, 0.15) is 36.6 Å². The van der Waals surface area contributed by atoms with E-state index in [1.165, 1.54) is 35.4 Å². The smallest absolute Gasteiger partial charge is 0.334 e. The Labute approximate surface area is 484 Å². The monoisotopic (exact) mass is 1170 g/mol. The predicted molar refractivity (Wildman–Crippen MR) is 297 cm³/mol. The molecule has 0 aliphatic carbocycles. The zero-order valence-corrected chi connectivity index (χ0v) is 50.9. The molecular weight excluding hydrogens is 1070 g/mol. The number of aliphatic hydroxyl groups is 7. The Hall–Kier alpha value is -3.08. The molecule has 0 unspecified atom stereocenters. The second-order valence-corrected chi connectivity index (χ2v) is 23.6. The van der Waals surface area contributed by atoms with E-state index < -0.39 is 158 Å². The molecule has 0 aromatic rings. The lowest BCUT2D eigenvalue weighted by Crippen LogP contribution is -2.66. The third-order valence-electron chi connectivity index (χ3n) is 16.6. The Kier molecular flexibility index (Phi) is 26.4. The number of methoxy groups -OCH3 is 4. The van der Waals surface area contributed by atoms with Crippen LogP contribution in [0.15, 0.2) is 58.7 Å². The van der Waals surface area contributed by atoms with Crippen LogP contribution in [0, 0.1) is 17.8 Å². The molecule has 22 heteroatoms. The summed E-state index contributed by atoms with van der Waals surface area (Å²) >= 11 is 0. The van der Waals surface area contributed by atoms with E-state index in [1.807, 2.05) is 51.2 Å². The van der Waals surface area contributed by atoms with Crippen molar-refractivity contribution in [2.75, 3.05) is 35.0 Å². The number of rotatable bonds is 16. The van der Waals surface area contributed by atoms with Gasteiger partial charge in [-0.1, -0.05) is 67.9 Å². The standard InChI is InChI=1S/C60H98O22/c1-30-18-17-19-42(62)45(71-14)26-47(79-57(67)34(5)24-32(3)22-31(2)23-33(4)43(21-20-30)80-58-53(66)52(65)54(73-16)38(9)76-58)56(77-40(11)61)60(69)36(7)50(63)35(6)44(82-60)25-41(29-70-13)78-49-28-59(12,68)55(39(10)75-49)81-48-27-46(72-15)51(64)37(8)74-48/h18,20-24,33,35-39,41-56,58,62-66,68-69H,17,19,25-29H2,1-16H3/b21-20+,30-18+,31-23+,32-22+,34-24+/t33-,35+,36-,37-,38+,39+,41-,42+,43-,44-,45+,46-,47+,48+,49+,50+,51-,52+,53+,54+,55+,56-,58+,59+,60-/m1/s1. The lowest BCUT2D eigenvalue weighted by molar-refractivity contribution is -0.366. The van der Waals surface area contributed by atoms with Gasteiger partial charge in [0, 0.05) is 84.4 Å². The molecule has 22 nitrogen and oxygen atoms in total. The van der Waals surface area contributed by atoms with Crippen molar-refractivity contribution in [2.24, 2.45) is 17.8 Å². The molecule has 5 heterocycles. The number of hydrogen-bond donors (Lipinski definition) is 7. The lowest BCUT2D eigenvalue weighted by Gasteiger charge is -2.52. The summed E-state index contributed by atoms with van der Waals surface area (Å²) in [6.45, 7) is 20.2. The topological polar surface area (TPSA) is 296 Å². The van der Waals surface area contributed by atoms with Crippen molar-refractivity contribution in [3.63, 3.8) is 0 Å². The lowest BCUT2D eigenvalue weighted by atomic mass is 9.76. The van der Waals surface area contributed by atoms with E-state index >= 15 is 0 Å². The van der Waals surface area contributed by atoms with Gasteiger partial charge in [-0.15, -0.1) is 0 Å². The van der Waals surface area contributed by atoms with Crippen LogP contribution in [0.25, 0.3) is 0 Å². The minimum absolute atomic E-state index is 0.0156. The molecule has 0 aromatic carbocycles. The van der Waals surface area contributed by atoms with Crippen LogP contribution < -0.4 is 0 Å². The van der Waals surface area contributed by atoms with Gasteiger partial charge in [-0.2, -0.15) is 0 Å². The first kappa shape index (κ1) is 69.7. The molecule has 0 radical (unpaired) electrons. The molecular formula is C60H98O22. The van der Waals surface area contributed by atoms with Gasteiger partial charge in [0.2, 0.25) is 5.79 Å². The summed E-state index contributed by atoms with van der Waals surface area (Å²) in [6.07, 6.45) is -8.59. The van der Waals surface area contributed by atoms with Crippen LogP contribution in [0.5, 0.6) is 0 Å². The molecule has 4 fully saturated rings. The highest BCUT2D eigenvalue weighted by atomic mass is 16.7. The molecule has 0 bridgehead atoms. The number of esters is 2. The number of cyclic esters (lactones) is 1. The Morgan fingerprint density at radius 2 is 1.44 bits per heavy atom. The summed E-state index contributed by atoms with van der Waals surface area (Å²) in [4.78, 5) is 27.6. The predicted octanol–water partition coefficient (Wildman–Crippen LogP) is 4.16. The Morgan fingerprint density at radius 3 is 2.06 bits per heavy atom. The fourth-order valence-corrected chi connectivity index (χ4v) is 11.9. The van der Waals surface area contributed by atoms with Crippen LogP contribution in [-0.4, -0.2) is 217 Å². The van der Waals surface area contributed by atoms with E-state index in [0.29, 0.717) is 12.0 Å². The van der Waals surface area contributed by atoms with Crippen LogP contribution in [0.2, 0.25) is 0 Å². The van der Waals surface area contributed by atoms with Gasteiger partial charge in [-0.25, -0.2) is 4.79 Å². The van der Waals surface area contributed by atoms with Crippen molar-refractivity contribution < 1.29 is 107 Å². The van der Waals surface area contributed by atoms with E-state index in [9.17, 15) is 45.3 Å². The highest BCUT2D eigenvalue weighted by molar-refractivity contribution is 5.88. The number of carbonyl (C=O) groups excluding carboxylic acids is 2. The van der Waals surface area contributed by atoms with Crippen LogP contribution in [0.1, 0.15) is 122 Å².